The molecular weight excluding hydrogens is 266 g/mol. The van der Waals surface area contributed by atoms with Crippen LogP contribution in [0, 0.1) is 17.0 Å². The smallest absolute Gasteiger partial charge is 0.293 e. The molecule has 0 spiro atoms. The number of hydrogen-bond acceptors (Lipinski definition) is 3. The van der Waals surface area contributed by atoms with Crippen molar-refractivity contribution in [3.8, 4) is 5.69 Å². The van der Waals surface area contributed by atoms with Gasteiger partial charge >= 0.3 is 0 Å². The van der Waals surface area contributed by atoms with Gasteiger partial charge in [0, 0.05) is 18.0 Å². The largest absolute Gasteiger partial charge is 0.315 e. The number of aryl methyl sites for hydroxylation is 2. The minimum absolute atomic E-state index is 0.153. The molecule has 0 aliphatic rings. The van der Waals surface area contributed by atoms with E-state index in [2.05, 4.69) is 4.90 Å². The van der Waals surface area contributed by atoms with Crippen molar-refractivity contribution in [1.29, 1.82) is 0 Å². The minimum atomic E-state index is -0.314. The molecule has 21 heavy (non-hydrogen) atoms. The summed E-state index contributed by atoms with van der Waals surface area (Å²) in [5, 5.41) is 11.3. The predicted molar refractivity (Wildman–Crippen MR) is 84.0 cm³/mol. The second-order valence-electron chi connectivity index (χ2n) is 5.53. The number of nitrogens with zero attached hydrogens (tertiary/aromatic N) is 3. The van der Waals surface area contributed by atoms with Gasteiger partial charge in [0.2, 0.25) is 0 Å². The SMILES string of the molecule is Cc1ccc(-n2cccc2CCCN(C)C)c([N+](=O)[O-])c1. The fraction of sp³-hybridized carbons (Fsp3) is 0.375. The molecule has 2 aromatic rings. The molecule has 112 valence electrons. The van der Waals surface area contributed by atoms with Crippen LogP contribution in [0.2, 0.25) is 0 Å². The first kappa shape index (κ1) is 15.3. The Morgan fingerprint density at radius 1 is 1.29 bits per heavy atom. The predicted octanol–water partition coefficient (Wildman–Crippen LogP) is 3.19. The molecule has 0 amide bonds. The van der Waals surface area contributed by atoms with Gasteiger partial charge in [-0.1, -0.05) is 6.07 Å². The average Bonchev–Trinajstić information content (AvgIpc) is 2.86. The molecule has 2 rings (SSSR count). The van der Waals surface area contributed by atoms with Crippen molar-refractivity contribution in [3.63, 3.8) is 0 Å². The van der Waals surface area contributed by atoms with Crippen LogP contribution in [0.4, 0.5) is 5.69 Å². The highest BCUT2D eigenvalue weighted by atomic mass is 16.6. The Labute approximate surface area is 125 Å². The summed E-state index contributed by atoms with van der Waals surface area (Å²) in [5.74, 6) is 0. The fourth-order valence-electron chi connectivity index (χ4n) is 2.41. The zero-order valence-electron chi connectivity index (χ0n) is 12.7. The Morgan fingerprint density at radius 3 is 2.71 bits per heavy atom. The molecule has 1 aromatic carbocycles. The van der Waals surface area contributed by atoms with Crippen molar-refractivity contribution in [2.45, 2.75) is 19.8 Å². The van der Waals surface area contributed by atoms with Crippen molar-refractivity contribution in [3.05, 3.63) is 57.9 Å². The minimum Gasteiger partial charge on any atom is -0.315 e. The zero-order chi connectivity index (χ0) is 15.4. The maximum atomic E-state index is 11.3. The molecule has 1 heterocycles. The van der Waals surface area contributed by atoms with Gasteiger partial charge in [0.05, 0.1) is 4.92 Å². The molecule has 0 aliphatic heterocycles. The third-order valence-corrected chi connectivity index (χ3v) is 3.46. The number of rotatable bonds is 6. The average molecular weight is 287 g/mol. The van der Waals surface area contributed by atoms with Gasteiger partial charge in [0.25, 0.3) is 5.69 Å². The van der Waals surface area contributed by atoms with E-state index in [1.54, 1.807) is 6.07 Å². The summed E-state index contributed by atoms with van der Waals surface area (Å²) in [5.41, 5.74) is 2.78. The molecule has 5 nitrogen and oxygen atoms in total. The van der Waals surface area contributed by atoms with E-state index in [1.807, 2.05) is 56.0 Å². The molecule has 0 fully saturated rings. The molecular formula is C16H21N3O2. The lowest BCUT2D eigenvalue weighted by molar-refractivity contribution is -0.384. The summed E-state index contributed by atoms with van der Waals surface area (Å²) in [6, 6.07) is 9.32. The van der Waals surface area contributed by atoms with Crippen LogP contribution in [0.5, 0.6) is 0 Å². The van der Waals surface area contributed by atoms with Gasteiger partial charge in [-0.05, 0) is 64.2 Å². The molecule has 0 radical (unpaired) electrons. The molecule has 0 saturated carbocycles. The van der Waals surface area contributed by atoms with Crippen molar-refractivity contribution in [2.24, 2.45) is 0 Å². The van der Waals surface area contributed by atoms with Gasteiger partial charge in [-0.15, -0.1) is 0 Å². The lowest BCUT2D eigenvalue weighted by Crippen LogP contribution is -2.14. The quantitative estimate of drug-likeness (QED) is 0.605. The normalized spacial score (nSPS) is 11.0. The Balaban J connectivity index is 2.31. The van der Waals surface area contributed by atoms with E-state index in [-0.39, 0.29) is 10.6 Å². The van der Waals surface area contributed by atoms with Crippen LogP contribution in [0.3, 0.4) is 0 Å². The molecule has 1 aromatic heterocycles. The Bertz CT molecular complexity index is 632. The summed E-state index contributed by atoms with van der Waals surface area (Å²) in [6.45, 7) is 2.87. The van der Waals surface area contributed by atoms with Crippen LogP contribution in [-0.4, -0.2) is 35.0 Å². The number of nitro benzene ring substituents is 1. The second kappa shape index (κ2) is 6.54. The van der Waals surface area contributed by atoms with E-state index in [0.717, 1.165) is 30.6 Å². The molecule has 0 unspecified atom stereocenters. The van der Waals surface area contributed by atoms with E-state index >= 15 is 0 Å². The Morgan fingerprint density at radius 2 is 2.05 bits per heavy atom. The second-order valence-corrected chi connectivity index (χ2v) is 5.53. The summed E-state index contributed by atoms with van der Waals surface area (Å²) in [4.78, 5) is 13.1. The lowest BCUT2D eigenvalue weighted by Gasteiger charge is -2.12. The molecule has 0 aliphatic carbocycles. The third-order valence-electron chi connectivity index (χ3n) is 3.46. The molecule has 0 saturated heterocycles. The Hall–Kier alpha value is -2.14. The summed E-state index contributed by atoms with van der Waals surface area (Å²) < 4.78 is 1.92. The summed E-state index contributed by atoms with van der Waals surface area (Å²) in [7, 11) is 4.09. The van der Waals surface area contributed by atoms with Gasteiger partial charge in [0.1, 0.15) is 5.69 Å². The van der Waals surface area contributed by atoms with Crippen LogP contribution in [-0.2, 0) is 6.42 Å². The number of nitro groups is 1. The lowest BCUT2D eigenvalue weighted by atomic mass is 10.1. The van der Waals surface area contributed by atoms with Gasteiger partial charge in [-0.3, -0.25) is 10.1 Å². The van der Waals surface area contributed by atoms with Crippen LogP contribution >= 0.6 is 0 Å². The van der Waals surface area contributed by atoms with Gasteiger partial charge in [-0.25, -0.2) is 0 Å². The first-order valence-electron chi connectivity index (χ1n) is 7.05. The van der Waals surface area contributed by atoms with E-state index < -0.39 is 0 Å². The number of hydrogen-bond donors (Lipinski definition) is 0. The van der Waals surface area contributed by atoms with Crippen molar-refractivity contribution in [1.82, 2.24) is 9.47 Å². The maximum absolute atomic E-state index is 11.3. The highest BCUT2D eigenvalue weighted by Gasteiger charge is 2.16. The van der Waals surface area contributed by atoms with Crippen LogP contribution in [0.25, 0.3) is 5.69 Å². The van der Waals surface area contributed by atoms with Crippen molar-refractivity contribution in [2.75, 3.05) is 20.6 Å². The van der Waals surface area contributed by atoms with Crippen LogP contribution in [0.15, 0.2) is 36.5 Å². The van der Waals surface area contributed by atoms with E-state index in [4.69, 9.17) is 0 Å². The number of aromatic nitrogens is 1. The van der Waals surface area contributed by atoms with Crippen molar-refractivity contribution >= 4 is 5.69 Å². The summed E-state index contributed by atoms with van der Waals surface area (Å²) >= 11 is 0. The highest BCUT2D eigenvalue weighted by Crippen LogP contribution is 2.26. The number of benzene rings is 1. The van der Waals surface area contributed by atoms with Gasteiger partial charge < -0.3 is 9.47 Å². The van der Waals surface area contributed by atoms with Crippen LogP contribution in [0.1, 0.15) is 17.7 Å². The molecule has 0 atom stereocenters. The standard InChI is InChI=1S/C16H21N3O2/c1-13-8-9-15(16(12-13)19(20)21)18-11-5-7-14(18)6-4-10-17(2)3/h5,7-9,11-12H,4,6,10H2,1-3H3. The monoisotopic (exact) mass is 287 g/mol. The topological polar surface area (TPSA) is 51.3 Å². The maximum Gasteiger partial charge on any atom is 0.293 e. The molecule has 0 bridgehead atoms. The molecule has 5 heteroatoms. The van der Waals surface area contributed by atoms with E-state index in [1.165, 1.54) is 0 Å². The summed E-state index contributed by atoms with van der Waals surface area (Å²) in [6.07, 6.45) is 3.82. The first-order chi connectivity index (χ1) is 9.99. The van der Waals surface area contributed by atoms with Crippen LogP contribution < -0.4 is 0 Å². The van der Waals surface area contributed by atoms with Gasteiger partial charge in [-0.2, -0.15) is 0 Å². The van der Waals surface area contributed by atoms with Crippen molar-refractivity contribution < 1.29 is 4.92 Å². The highest BCUT2D eigenvalue weighted by molar-refractivity contribution is 5.55. The van der Waals surface area contributed by atoms with E-state index in [9.17, 15) is 10.1 Å². The Kier molecular flexibility index (Phi) is 4.75. The zero-order valence-corrected chi connectivity index (χ0v) is 12.7. The van der Waals surface area contributed by atoms with E-state index in [0.29, 0.717) is 5.69 Å². The van der Waals surface area contributed by atoms with Gasteiger partial charge in [0.15, 0.2) is 0 Å². The first-order valence-corrected chi connectivity index (χ1v) is 7.05. The fourth-order valence-corrected chi connectivity index (χ4v) is 2.41. The molecule has 0 N–H and O–H groups in total. The third kappa shape index (κ3) is 3.70.